The smallest absolute Gasteiger partial charge is 0.246 e. The van der Waals surface area contributed by atoms with Crippen LogP contribution in [0.1, 0.15) is 22.7 Å². The van der Waals surface area contributed by atoms with E-state index >= 15 is 0 Å². The number of hydrogen-bond acceptors (Lipinski definition) is 3. The molecule has 52 heavy (non-hydrogen) atoms. The van der Waals surface area contributed by atoms with Gasteiger partial charge in [-0.05, 0) is 90.3 Å². The van der Waals surface area contributed by atoms with Crippen LogP contribution in [0.5, 0.6) is 0 Å². The fraction of sp³-hybridized carbons (Fsp3) is 0.0417. The molecular formula is C48H28BN2O. The van der Waals surface area contributed by atoms with E-state index in [1.54, 1.807) is 0 Å². The van der Waals surface area contributed by atoms with Gasteiger partial charge in [0.25, 0.3) is 0 Å². The summed E-state index contributed by atoms with van der Waals surface area (Å²) in [5, 5.41) is 8.47. The Morgan fingerprint density at radius 1 is 0.558 bits per heavy atom. The normalized spacial score (nSPS) is 14.4. The molecule has 0 saturated carbocycles. The largest absolute Gasteiger partial charge is 0.436 e. The molecule has 0 N–H and O–H groups in total. The molecule has 3 nitrogen and oxygen atoms in total. The third-order valence-electron chi connectivity index (χ3n) is 11.5. The second kappa shape index (κ2) is 10.5. The van der Waals surface area contributed by atoms with Gasteiger partial charge >= 0.3 is 0 Å². The molecule has 0 bridgehead atoms. The Labute approximate surface area is 300 Å². The van der Waals surface area contributed by atoms with Gasteiger partial charge in [0.15, 0.2) is 7.28 Å². The molecule has 2 aliphatic rings. The summed E-state index contributed by atoms with van der Waals surface area (Å²) in [5.41, 5.74) is 15.5. The van der Waals surface area contributed by atoms with Gasteiger partial charge in [-0.3, -0.25) is 0 Å². The van der Waals surface area contributed by atoms with Gasteiger partial charge in [0.1, 0.15) is 11.1 Å². The quantitative estimate of drug-likeness (QED) is 0.173. The Balaban J connectivity index is 1.23. The molecule has 12 rings (SSSR count). The predicted octanol–water partition coefficient (Wildman–Crippen LogP) is 10.5. The van der Waals surface area contributed by atoms with Gasteiger partial charge < -0.3 is 4.42 Å². The van der Waals surface area contributed by atoms with E-state index in [4.69, 9.17) is 14.4 Å². The van der Waals surface area contributed by atoms with E-state index in [1.807, 2.05) is 12.1 Å². The first kappa shape index (κ1) is 28.2. The summed E-state index contributed by atoms with van der Waals surface area (Å²) in [6.45, 7) is 0. The van der Waals surface area contributed by atoms with Crippen LogP contribution in [0.3, 0.4) is 0 Å². The van der Waals surface area contributed by atoms with Crippen molar-refractivity contribution in [2.45, 2.75) is 12.3 Å². The van der Waals surface area contributed by atoms with E-state index in [0.29, 0.717) is 5.71 Å². The van der Waals surface area contributed by atoms with Crippen LogP contribution in [0.15, 0.2) is 156 Å². The fourth-order valence-corrected chi connectivity index (χ4v) is 9.22. The fourth-order valence-electron chi connectivity index (χ4n) is 9.22. The van der Waals surface area contributed by atoms with E-state index in [9.17, 15) is 0 Å². The van der Waals surface area contributed by atoms with Gasteiger partial charge in [-0.2, -0.15) is 0 Å². The highest BCUT2D eigenvalue weighted by Crippen LogP contribution is 2.50. The number of benzene rings is 8. The SMILES string of the molecule is [B]1c2ccc3ccccc3c2-c2c1c1c(c3ccccc23)-c2ccccc2CC1c1nc2c(nc1-c1ccc3ccccc3c1)oc1ccccc12. The minimum absolute atomic E-state index is 0.0629. The highest BCUT2D eigenvalue weighted by molar-refractivity contribution is 6.75. The maximum atomic E-state index is 6.41. The van der Waals surface area contributed by atoms with Crippen molar-refractivity contribution in [2.24, 2.45) is 0 Å². The average Bonchev–Trinajstić information content (AvgIpc) is 3.79. The number of fused-ring (bicyclic) bond motifs is 16. The number of rotatable bonds is 2. The van der Waals surface area contributed by atoms with Gasteiger partial charge in [-0.25, -0.2) is 9.97 Å². The molecule has 239 valence electrons. The summed E-state index contributed by atoms with van der Waals surface area (Å²) < 4.78 is 6.41. The summed E-state index contributed by atoms with van der Waals surface area (Å²) in [4.78, 5) is 11.0. The van der Waals surface area contributed by atoms with Gasteiger partial charge in [0, 0.05) is 16.9 Å². The van der Waals surface area contributed by atoms with Crippen molar-refractivity contribution in [3.63, 3.8) is 0 Å². The molecule has 2 aromatic heterocycles. The molecule has 0 spiro atoms. The molecule has 4 heteroatoms. The van der Waals surface area contributed by atoms with Crippen molar-refractivity contribution in [2.75, 3.05) is 0 Å². The average molecular weight is 660 g/mol. The Kier molecular flexibility index (Phi) is 5.70. The number of aromatic nitrogens is 2. The zero-order valence-electron chi connectivity index (χ0n) is 28.1. The van der Waals surface area contributed by atoms with Gasteiger partial charge in [0.05, 0.1) is 11.4 Å². The molecule has 1 atom stereocenters. The van der Waals surface area contributed by atoms with E-state index in [2.05, 4.69) is 147 Å². The topological polar surface area (TPSA) is 38.9 Å². The van der Waals surface area contributed by atoms with Crippen LogP contribution < -0.4 is 10.9 Å². The summed E-state index contributed by atoms with van der Waals surface area (Å²) >= 11 is 0. The number of nitrogens with zero attached hydrogens (tertiary/aromatic N) is 2. The molecule has 1 radical (unpaired) electrons. The standard InChI is InChI=1S/C48H28BN2O/c1-2-13-29-25-31(22-21-27(29)11-1)45-46(50-47-36-19-9-10-20-39(36)52-48(47)51-45)37-26-30-14-4-6-16-33(30)40-34-17-7-8-18-35(34)42-41-32-15-5-3-12-28(32)23-24-38(41)49-44(42)43(37)40/h1-25,37H,26H2. The summed E-state index contributed by atoms with van der Waals surface area (Å²) in [6.07, 6.45) is 0.815. The first-order chi connectivity index (χ1) is 25.8. The number of furan rings is 1. The van der Waals surface area contributed by atoms with Crippen LogP contribution in [0.4, 0.5) is 0 Å². The summed E-state index contributed by atoms with van der Waals surface area (Å²) in [7, 11) is 2.44. The minimum Gasteiger partial charge on any atom is -0.436 e. The third-order valence-corrected chi connectivity index (χ3v) is 11.5. The first-order valence-corrected chi connectivity index (χ1v) is 18.0. The lowest BCUT2D eigenvalue weighted by atomic mass is 9.61. The first-order valence-electron chi connectivity index (χ1n) is 18.0. The van der Waals surface area contributed by atoms with Crippen LogP contribution >= 0.6 is 0 Å². The van der Waals surface area contributed by atoms with Gasteiger partial charge in [-0.15, -0.1) is 0 Å². The number of para-hydroxylation sites is 1. The van der Waals surface area contributed by atoms with Crippen molar-refractivity contribution in [3.05, 3.63) is 168 Å². The maximum Gasteiger partial charge on any atom is 0.246 e. The zero-order chi connectivity index (χ0) is 33.9. The highest BCUT2D eigenvalue weighted by atomic mass is 16.3. The van der Waals surface area contributed by atoms with Crippen LogP contribution in [0, 0.1) is 0 Å². The van der Waals surface area contributed by atoms with Gasteiger partial charge in [-0.1, -0.05) is 144 Å². The lowest BCUT2D eigenvalue weighted by Crippen LogP contribution is -2.30. The van der Waals surface area contributed by atoms with E-state index in [1.165, 1.54) is 76.6 Å². The van der Waals surface area contributed by atoms with E-state index in [-0.39, 0.29) is 5.92 Å². The maximum absolute atomic E-state index is 6.41. The lowest BCUT2D eigenvalue weighted by Gasteiger charge is -2.32. The number of hydrogen-bond donors (Lipinski definition) is 0. The Hall–Kier alpha value is -6.52. The Morgan fingerprint density at radius 2 is 1.25 bits per heavy atom. The lowest BCUT2D eigenvalue weighted by molar-refractivity contribution is 0.651. The molecular weight excluding hydrogens is 631 g/mol. The van der Waals surface area contributed by atoms with Crippen molar-refractivity contribution in [3.8, 4) is 33.5 Å². The summed E-state index contributed by atoms with van der Waals surface area (Å²) in [5.74, 6) is -0.0629. The summed E-state index contributed by atoms with van der Waals surface area (Å²) in [6, 6.07) is 54.7. The van der Waals surface area contributed by atoms with Crippen LogP contribution in [0.25, 0.3) is 88.0 Å². The van der Waals surface area contributed by atoms with Crippen LogP contribution in [-0.4, -0.2) is 17.2 Å². The minimum atomic E-state index is -0.0629. The Morgan fingerprint density at radius 3 is 2.13 bits per heavy atom. The monoisotopic (exact) mass is 659 g/mol. The second-order valence-electron chi connectivity index (χ2n) is 14.2. The second-order valence-corrected chi connectivity index (χ2v) is 14.2. The molecule has 8 aromatic carbocycles. The molecule has 0 saturated heterocycles. The van der Waals surface area contributed by atoms with Crippen LogP contribution in [-0.2, 0) is 6.42 Å². The highest BCUT2D eigenvalue weighted by Gasteiger charge is 2.38. The predicted molar refractivity (Wildman–Crippen MR) is 215 cm³/mol. The molecule has 0 fully saturated rings. The van der Waals surface area contributed by atoms with Crippen molar-refractivity contribution < 1.29 is 4.42 Å². The zero-order valence-corrected chi connectivity index (χ0v) is 28.1. The molecule has 10 aromatic rings. The van der Waals surface area contributed by atoms with Crippen molar-refractivity contribution in [1.82, 2.24) is 9.97 Å². The van der Waals surface area contributed by atoms with Gasteiger partial charge in [0.2, 0.25) is 5.71 Å². The third kappa shape index (κ3) is 3.87. The molecule has 1 aliphatic heterocycles. The van der Waals surface area contributed by atoms with Crippen LogP contribution in [0.2, 0.25) is 0 Å². The van der Waals surface area contributed by atoms with Crippen molar-refractivity contribution >= 4 is 72.7 Å². The Bertz CT molecular complexity index is 3160. The van der Waals surface area contributed by atoms with E-state index < -0.39 is 0 Å². The molecule has 3 heterocycles. The molecule has 1 unspecified atom stereocenters. The van der Waals surface area contributed by atoms with E-state index in [0.717, 1.165) is 39.9 Å². The molecule has 0 amide bonds. The molecule has 1 aliphatic carbocycles. The van der Waals surface area contributed by atoms with Crippen molar-refractivity contribution in [1.29, 1.82) is 0 Å².